The number of hydrogen-bond acceptors (Lipinski definition) is 7. The number of amides is 1. The summed E-state index contributed by atoms with van der Waals surface area (Å²) >= 11 is 8.79. The first-order chi connectivity index (χ1) is 13.5. The van der Waals surface area contributed by atoms with Gasteiger partial charge in [-0.25, -0.2) is 4.98 Å². The van der Waals surface area contributed by atoms with Crippen LogP contribution in [0.15, 0.2) is 40.5 Å². The Kier molecular flexibility index (Phi) is 5.12. The third kappa shape index (κ3) is 3.64. The molecular weight excluding hydrogens is 422 g/mol. The highest BCUT2D eigenvalue weighted by Gasteiger charge is 2.18. The van der Waals surface area contributed by atoms with E-state index < -0.39 is 11.9 Å². The molecule has 0 radical (unpaired) electrons. The molecule has 0 atom stereocenters. The number of rotatable bonds is 5. The Bertz CT molecular complexity index is 1260. The van der Waals surface area contributed by atoms with E-state index >= 15 is 0 Å². The number of ether oxygens (including phenoxy) is 1. The van der Waals surface area contributed by atoms with Gasteiger partial charge in [-0.1, -0.05) is 29.8 Å². The lowest BCUT2D eigenvalue weighted by atomic mass is 10.2. The molecule has 0 aliphatic rings. The lowest BCUT2D eigenvalue weighted by Crippen LogP contribution is -2.30. The Morgan fingerprint density at radius 2 is 2.07 bits per heavy atom. The second-order valence-electron chi connectivity index (χ2n) is 5.73. The number of thiophene rings is 2. The van der Waals surface area contributed by atoms with E-state index in [0.717, 1.165) is 10.1 Å². The number of halogens is 1. The van der Waals surface area contributed by atoms with Gasteiger partial charge < -0.3 is 15.0 Å². The Labute approximate surface area is 170 Å². The minimum absolute atomic E-state index is 0.195. The van der Waals surface area contributed by atoms with Crippen molar-refractivity contribution >= 4 is 66.5 Å². The standard InChI is InChI=1S/C18H12ClN3O4S2/c19-14-9-3-1-2-4-11(9)28-16(14)17(24)20-7-13(23)26-8-12-21-10-5-6-27-15(10)18(25)22-12/h1-6H,7-8H2,(H,20,24)(H,21,22,25). The molecule has 3 heterocycles. The van der Waals surface area contributed by atoms with Gasteiger partial charge in [0.05, 0.1) is 10.5 Å². The minimum atomic E-state index is -0.654. The molecule has 4 aromatic rings. The number of aromatic amines is 1. The van der Waals surface area contributed by atoms with Crippen molar-refractivity contribution in [3.63, 3.8) is 0 Å². The van der Waals surface area contributed by atoms with Crippen molar-refractivity contribution < 1.29 is 14.3 Å². The maximum atomic E-state index is 12.3. The van der Waals surface area contributed by atoms with Crippen LogP contribution in [0.2, 0.25) is 5.02 Å². The number of carbonyl (C=O) groups excluding carboxylic acids is 2. The van der Waals surface area contributed by atoms with E-state index in [1.54, 1.807) is 11.4 Å². The minimum Gasteiger partial charge on any atom is -0.456 e. The molecule has 28 heavy (non-hydrogen) atoms. The monoisotopic (exact) mass is 433 g/mol. The Morgan fingerprint density at radius 3 is 2.89 bits per heavy atom. The van der Waals surface area contributed by atoms with E-state index in [9.17, 15) is 14.4 Å². The van der Waals surface area contributed by atoms with Crippen LogP contribution in [-0.4, -0.2) is 28.4 Å². The molecule has 0 aliphatic heterocycles. The average Bonchev–Trinajstić information content (AvgIpc) is 3.30. The molecule has 2 N–H and O–H groups in total. The van der Waals surface area contributed by atoms with Gasteiger partial charge in [0.2, 0.25) is 0 Å². The molecule has 0 bridgehead atoms. The van der Waals surface area contributed by atoms with Gasteiger partial charge in [-0.2, -0.15) is 0 Å². The largest absolute Gasteiger partial charge is 0.456 e. The first kappa shape index (κ1) is 18.6. The molecule has 0 saturated carbocycles. The molecule has 1 amide bonds. The Morgan fingerprint density at radius 1 is 1.25 bits per heavy atom. The summed E-state index contributed by atoms with van der Waals surface area (Å²) in [5.41, 5.74) is 0.270. The van der Waals surface area contributed by atoms with Crippen molar-refractivity contribution in [3.05, 3.63) is 61.8 Å². The van der Waals surface area contributed by atoms with Crippen LogP contribution in [0.1, 0.15) is 15.5 Å². The number of H-pyrrole nitrogens is 1. The third-order valence-electron chi connectivity index (χ3n) is 3.87. The summed E-state index contributed by atoms with van der Waals surface area (Å²) in [7, 11) is 0. The molecule has 3 aromatic heterocycles. The first-order valence-corrected chi connectivity index (χ1v) is 10.2. The van der Waals surface area contributed by atoms with Gasteiger partial charge >= 0.3 is 5.97 Å². The summed E-state index contributed by atoms with van der Waals surface area (Å²) < 4.78 is 6.48. The molecule has 142 valence electrons. The van der Waals surface area contributed by atoms with Gasteiger partial charge in [0.1, 0.15) is 28.6 Å². The number of nitrogens with one attached hydrogen (secondary N) is 2. The molecule has 0 saturated heterocycles. The molecule has 0 aliphatic carbocycles. The number of benzene rings is 1. The summed E-state index contributed by atoms with van der Waals surface area (Å²) in [6.45, 7) is -0.520. The van der Waals surface area contributed by atoms with E-state index in [-0.39, 0.29) is 24.5 Å². The van der Waals surface area contributed by atoms with Crippen molar-refractivity contribution in [2.24, 2.45) is 0 Å². The molecule has 10 heteroatoms. The van der Waals surface area contributed by atoms with Gasteiger partial charge in [-0.15, -0.1) is 22.7 Å². The number of fused-ring (bicyclic) bond motifs is 2. The SMILES string of the molecule is O=C(CNC(=O)c1sc2ccccc2c1Cl)OCc1nc2ccsc2c(=O)[nH]1. The quantitative estimate of drug-likeness (QED) is 0.470. The lowest BCUT2D eigenvalue weighted by Gasteiger charge is -2.06. The normalized spacial score (nSPS) is 11.0. The zero-order valence-electron chi connectivity index (χ0n) is 14.2. The van der Waals surface area contributed by atoms with Crippen LogP contribution in [-0.2, 0) is 16.1 Å². The van der Waals surface area contributed by atoms with Gasteiger partial charge in [0.25, 0.3) is 11.5 Å². The fourth-order valence-electron chi connectivity index (χ4n) is 2.58. The molecule has 0 unspecified atom stereocenters. The number of esters is 1. The predicted molar refractivity (Wildman–Crippen MR) is 109 cm³/mol. The zero-order chi connectivity index (χ0) is 19.7. The fourth-order valence-corrected chi connectivity index (χ4v) is 4.74. The van der Waals surface area contributed by atoms with E-state index in [4.69, 9.17) is 16.3 Å². The van der Waals surface area contributed by atoms with Gasteiger partial charge in [0.15, 0.2) is 0 Å². The second kappa shape index (κ2) is 7.70. The molecule has 7 nitrogen and oxygen atoms in total. The average molecular weight is 434 g/mol. The van der Waals surface area contributed by atoms with Crippen LogP contribution in [0.25, 0.3) is 20.3 Å². The van der Waals surface area contributed by atoms with Crippen molar-refractivity contribution in [1.82, 2.24) is 15.3 Å². The summed E-state index contributed by atoms with van der Waals surface area (Å²) in [5.74, 6) is -0.865. The van der Waals surface area contributed by atoms with Crippen LogP contribution >= 0.6 is 34.3 Å². The maximum Gasteiger partial charge on any atom is 0.325 e. The topological polar surface area (TPSA) is 101 Å². The fraction of sp³-hybridized carbons (Fsp3) is 0.111. The zero-order valence-corrected chi connectivity index (χ0v) is 16.5. The molecule has 1 aromatic carbocycles. The van der Waals surface area contributed by atoms with Crippen molar-refractivity contribution in [1.29, 1.82) is 0 Å². The summed E-state index contributed by atoms with van der Waals surface area (Å²) in [5, 5.41) is 5.41. The van der Waals surface area contributed by atoms with Crippen molar-refractivity contribution in [2.45, 2.75) is 6.61 Å². The van der Waals surface area contributed by atoms with Crippen LogP contribution in [0.3, 0.4) is 0 Å². The summed E-state index contributed by atoms with van der Waals surface area (Å²) in [6.07, 6.45) is 0. The number of carbonyl (C=O) groups is 2. The van der Waals surface area contributed by atoms with Crippen LogP contribution in [0.4, 0.5) is 0 Å². The molecular formula is C18H12ClN3O4S2. The maximum absolute atomic E-state index is 12.3. The van der Waals surface area contributed by atoms with E-state index in [0.29, 0.717) is 20.1 Å². The van der Waals surface area contributed by atoms with Gasteiger partial charge in [0, 0.05) is 10.1 Å². The van der Waals surface area contributed by atoms with Gasteiger partial charge in [-0.3, -0.25) is 14.4 Å². The number of aromatic nitrogens is 2. The van der Waals surface area contributed by atoms with Crippen LogP contribution in [0, 0.1) is 0 Å². The molecule has 0 spiro atoms. The highest BCUT2D eigenvalue weighted by molar-refractivity contribution is 7.21. The Hall–Kier alpha value is -2.75. The van der Waals surface area contributed by atoms with E-state index in [2.05, 4.69) is 15.3 Å². The second-order valence-corrected chi connectivity index (χ2v) is 8.08. The highest BCUT2D eigenvalue weighted by Crippen LogP contribution is 2.34. The smallest absolute Gasteiger partial charge is 0.325 e. The predicted octanol–water partition coefficient (Wildman–Crippen LogP) is 3.33. The lowest BCUT2D eigenvalue weighted by molar-refractivity contribution is -0.143. The number of hydrogen-bond donors (Lipinski definition) is 2. The van der Waals surface area contributed by atoms with E-state index in [1.807, 2.05) is 24.3 Å². The van der Waals surface area contributed by atoms with Crippen LogP contribution in [0.5, 0.6) is 0 Å². The first-order valence-electron chi connectivity index (χ1n) is 8.10. The van der Waals surface area contributed by atoms with E-state index in [1.165, 1.54) is 22.7 Å². The van der Waals surface area contributed by atoms with Crippen LogP contribution < -0.4 is 10.9 Å². The highest BCUT2D eigenvalue weighted by atomic mass is 35.5. The Balaban J connectivity index is 1.36. The summed E-state index contributed by atoms with van der Waals surface area (Å²) in [4.78, 5) is 43.3. The van der Waals surface area contributed by atoms with Crippen molar-refractivity contribution in [3.8, 4) is 0 Å². The number of nitrogens with zero attached hydrogens (tertiary/aromatic N) is 1. The van der Waals surface area contributed by atoms with Crippen molar-refractivity contribution in [2.75, 3.05) is 6.54 Å². The summed E-state index contributed by atoms with van der Waals surface area (Å²) in [6, 6.07) is 9.12. The molecule has 4 rings (SSSR count). The van der Waals surface area contributed by atoms with Gasteiger partial charge in [-0.05, 0) is 17.5 Å². The molecule has 0 fully saturated rings. The third-order valence-corrected chi connectivity index (χ3v) is 6.44.